The van der Waals surface area contributed by atoms with Gasteiger partial charge >= 0.3 is 5.97 Å². The SMILES string of the molecule is CC(C(=O)O)N(Cc1cccc2ccccc12)C1CC1. The van der Waals surface area contributed by atoms with Gasteiger partial charge in [-0.2, -0.15) is 0 Å². The summed E-state index contributed by atoms with van der Waals surface area (Å²) in [4.78, 5) is 13.4. The van der Waals surface area contributed by atoms with Crippen LogP contribution in [0.2, 0.25) is 0 Å². The minimum absolute atomic E-state index is 0.429. The first-order valence-electron chi connectivity index (χ1n) is 7.12. The van der Waals surface area contributed by atoms with Gasteiger partial charge in [0.25, 0.3) is 0 Å². The summed E-state index contributed by atoms with van der Waals surface area (Å²) in [6, 6.07) is 14.5. The van der Waals surface area contributed by atoms with Gasteiger partial charge in [0.2, 0.25) is 0 Å². The third kappa shape index (κ3) is 2.54. The molecule has 1 aliphatic rings. The summed E-state index contributed by atoms with van der Waals surface area (Å²) in [6.07, 6.45) is 2.23. The van der Waals surface area contributed by atoms with Crippen molar-refractivity contribution >= 4 is 16.7 Å². The number of rotatable bonds is 5. The molecule has 3 heteroatoms. The number of fused-ring (bicyclic) bond motifs is 1. The zero-order valence-corrected chi connectivity index (χ0v) is 11.6. The molecule has 0 radical (unpaired) electrons. The number of carbonyl (C=O) groups is 1. The van der Waals surface area contributed by atoms with E-state index in [0.29, 0.717) is 12.6 Å². The Morgan fingerprint density at radius 3 is 2.65 bits per heavy atom. The molecule has 1 unspecified atom stereocenters. The highest BCUT2D eigenvalue weighted by Gasteiger charge is 2.35. The van der Waals surface area contributed by atoms with Gasteiger partial charge < -0.3 is 5.11 Å². The van der Waals surface area contributed by atoms with Gasteiger partial charge in [0.1, 0.15) is 6.04 Å². The number of benzene rings is 2. The van der Waals surface area contributed by atoms with E-state index in [2.05, 4.69) is 29.2 Å². The lowest BCUT2D eigenvalue weighted by molar-refractivity contribution is -0.143. The van der Waals surface area contributed by atoms with Crippen LogP contribution in [-0.2, 0) is 11.3 Å². The van der Waals surface area contributed by atoms with E-state index in [4.69, 9.17) is 0 Å². The van der Waals surface area contributed by atoms with E-state index in [1.807, 2.05) is 18.2 Å². The van der Waals surface area contributed by atoms with Gasteiger partial charge in [-0.15, -0.1) is 0 Å². The summed E-state index contributed by atoms with van der Waals surface area (Å²) in [5.74, 6) is -0.739. The van der Waals surface area contributed by atoms with Crippen LogP contribution in [0.1, 0.15) is 25.3 Å². The average molecular weight is 269 g/mol. The number of aliphatic carboxylic acids is 1. The fourth-order valence-electron chi connectivity index (χ4n) is 2.76. The highest BCUT2D eigenvalue weighted by molar-refractivity contribution is 5.85. The molecule has 1 saturated carbocycles. The Bertz CT molecular complexity index is 628. The third-order valence-corrected chi connectivity index (χ3v) is 4.10. The van der Waals surface area contributed by atoms with Crippen LogP contribution in [0.3, 0.4) is 0 Å². The zero-order chi connectivity index (χ0) is 14.1. The van der Waals surface area contributed by atoms with E-state index in [-0.39, 0.29) is 0 Å². The molecular weight excluding hydrogens is 250 g/mol. The van der Waals surface area contributed by atoms with Crippen LogP contribution in [0.15, 0.2) is 42.5 Å². The van der Waals surface area contributed by atoms with Crippen LogP contribution in [0.25, 0.3) is 10.8 Å². The smallest absolute Gasteiger partial charge is 0.320 e. The maximum Gasteiger partial charge on any atom is 0.320 e. The fraction of sp³-hybridized carbons (Fsp3) is 0.353. The van der Waals surface area contributed by atoms with Gasteiger partial charge in [-0.3, -0.25) is 9.69 Å². The number of hydrogen-bond acceptors (Lipinski definition) is 2. The lowest BCUT2D eigenvalue weighted by Gasteiger charge is -2.26. The topological polar surface area (TPSA) is 40.5 Å². The molecule has 1 aliphatic carbocycles. The molecular formula is C17H19NO2. The summed E-state index contributed by atoms with van der Waals surface area (Å²) in [7, 11) is 0. The molecule has 0 heterocycles. The van der Waals surface area contributed by atoms with Crippen LogP contribution < -0.4 is 0 Å². The molecule has 3 nitrogen and oxygen atoms in total. The molecule has 0 aromatic heterocycles. The van der Waals surface area contributed by atoms with Crippen LogP contribution >= 0.6 is 0 Å². The molecule has 1 N–H and O–H groups in total. The predicted molar refractivity (Wildman–Crippen MR) is 79.6 cm³/mol. The quantitative estimate of drug-likeness (QED) is 0.905. The molecule has 0 amide bonds. The van der Waals surface area contributed by atoms with Crippen molar-refractivity contribution in [3.05, 3.63) is 48.0 Å². The second kappa shape index (κ2) is 5.25. The summed E-state index contributed by atoms with van der Waals surface area (Å²) in [6.45, 7) is 2.49. The maximum absolute atomic E-state index is 11.3. The van der Waals surface area contributed by atoms with E-state index in [0.717, 1.165) is 12.8 Å². The number of carboxylic acid groups (broad SMARTS) is 1. The summed E-state index contributed by atoms with van der Waals surface area (Å²) in [5.41, 5.74) is 1.21. The largest absolute Gasteiger partial charge is 0.480 e. The normalized spacial score (nSPS) is 16.5. The third-order valence-electron chi connectivity index (χ3n) is 4.10. The molecule has 2 aromatic carbocycles. The van der Waals surface area contributed by atoms with E-state index >= 15 is 0 Å². The van der Waals surface area contributed by atoms with Crippen molar-refractivity contribution < 1.29 is 9.90 Å². The summed E-state index contributed by atoms with van der Waals surface area (Å²) >= 11 is 0. The number of nitrogens with zero attached hydrogens (tertiary/aromatic N) is 1. The Morgan fingerprint density at radius 2 is 1.95 bits per heavy atom. The molecule has 0 spiro atoms. The molecule has 20 heavy (non-hydrogen) atoms. The van der Waals surface area contributed by atoms with Gasteiger partial charge in [0.05, 0.1) is 0 Å². The van der Waals surface area contributed by atoms with E-state index in [1.54, 1.807) is 6.92 Å². The summed E-state index contributed by atoms with van der Waals surface area (Å²) < 4.78 is 0. The van der Waals surface area contributed by atoms with Gasteiger partial charge in [-0.05, 0) is 36.1 Å². The van der Waals surface area contributed by atoms with Crippen molar-refractivity contribution in [1.29, 1.82) is 0 Å². The van der Waals surface area contributed by atoms with Crippen molar-refractivity contribution in [3.8, 4) is 0 Å². The Kier molecular flexibility index (Phi) is 3.45. The zero-order valence-electron chi connectivity index (χ0n) is 11.6. The van der Waals surface area contributed by atoms with Crippen molar-refractivity contribution in [2.75, 3.05) is 0 Å². The van der Waals surface area contributed by atoms with E-state index in [9.17, 15) is 9.90 Å². The minimum atomic E-state index is -0.739. The van der Waals surface area contributed by atoms with Crippen molar-refractivity contribution in [3.63, 3.8) is 0 Å². The molecule has 0 saturated heterocycles. The van der Waals surface area contributed by atoms with Gasteiger partial charge in [0.15, 0.2) is 0 Å². The Hall–Kier alpha value is -1.87. The van der Waals surface area contributed by atoms with Crippen LogP contribution in [0.5, 0.6) is 0 Å². The lowest BCUT2D eigenvalue weighted by atomic mass is 10.0. The first kappa shape index (κ1) is 13.1. The molecule has 104 valence electrons. The maximum atomic E-state index is 11.3. The van der Waals surface area contributed by atoms with Gasteiger partial charge in [-0.25, -0.2) is 0 Å². The van der Waals surface area contributed by atoms with Crippen molar-refractivity contribution in [1.82, 2.24) is 4.90 Å². The Labute approximate surface area is 118 Å². The molecule has 0 aliphatic heterocycles. The predicted octanol–water partition coefficient (Wildman–Crippen LogP) is 3.28. The number of hydrogen-bond donors (Lipinski definition) is 1. The lowest BCUT2D eigenvalue weighted by Crippen LogP contribution is -2.40. The van der Waals surface area contributed by atoms with E-state index < -0.39 is 12.0 Å². The monoisotopic (exact) mass is 269 g/mol. The van der Waals surface area contributed by atoms with Gasteiger partial charge in [-0.1, -0.05) is 42.5 Å². The van der Waals surface area contributed by atoms with Crippen LogP contribution in [0, 0.1) is 0 Å². The molecule has 0 bridgehead atoms. The molecule has 3 rings (SSSR count). The van der Waals surface area contributed by atoms with Crippen molar-refractivity contribution in [2.45, 2.75) is 38.4 Å². The minimum Gasteiger partial charge on any atom is -0.480 e. The Balaban J connectivity index is 1.92. The molecule has 2 aromatic rings. The van der Waals surface area contributed by atoms with Crippen LogP contribution in [-0.4, -0.2) is 28.1 Å². The number of carboxylic acids is 1. The first-order chi connectivity index (χ1) is 9.66. The summed E-state index contributed by atoms with van der Waals surface area (Å²) in [5, 5.41) is 11.7. The highest BCUT2D eigenvalue weighted by atomic mass is 16.4. The second-order valence-electron chi connectivity index (χ2n) is 5.56. The Morgan fingerprint density at radius 1 is 1.25 bits per heavy atom. The molecule has 1 atom stereocenters. The average Bonchev–Trinajstić information content (AvgIpc) is 3.28. The standard InChI is InChI=1S/C17H19NO2/c1-12(17(19)20)18(15-9-10-15)11-14-7-4-6-13-5-2-3-8-16(13)14/h2-8,12,15H,9-11H2,1H3,(H,19,20). The van der Waals surface area contributed by atoms with Gasteiger partial charge in [0, 0.05) is 12.6 Å². The van der Waals surface area contributed by atoms with Crippen molar-refractivity contribution in [2.24, 2.45) is 0 Å². The van der Waals surface area contributed by atoms with Crippen LogP contribution in [0.4, 0.5) is 0 Å². The highest BCUT2D eigenvalue weighted by Crippen LogP contribution is 2.31. The first-order valence-corrected chi connectivity index (χ1v) is 7.12. The second-order valence-corrected chi connectivity index (χ2v) is 5.56. The van der Waals surface area contributed by atoms with E-state index in [1.165, 1.54) is 16.3 Å². The fourth-order valence-corrected chi connectivity index (χ4v) is 2.76. The molecule has 1 fully saturated rings.